The predicted molar refractivity (Wildman–Crippen MR) is 134 cm³/mol. The number of benzene rings is 1. The largest absolute Gasteiger partial charge is 0.453 e. The Balaban J connectivity index is 1.42. The van der Waals surface area contributed by atoms with Crippen LogP contribution in [0.25, 0.3) is 0 Å². The van der Waals surface area contributed by atoms with Gasteiger partial charge in [-0.3, -0.25) is 9.59 Å². The summed E-state index contributed by atoms with van der Waals surface area (Å²) in [6.07, 6.45) is 3.29. The maximum absolute atomic E-state index is 13.4. The van der Waals surface area contributed by atoms with E-state index in [1.807, 2.05) is 17.0 Å². The van der Waals surface area contributed by atoms with E-state index >= 15 is 0 Å². The van der Waals surface area contributed by atoms with Crippen molar-refractivity contribution in [3.63, 3.8) is 0 Å². The fraction of sp³-hybridized carbons (Fsp3) is 0.478. The quantitative estimate of drug-likeness (QED) is 0.440. The number of nitrogens with one attached hydrogen (secondary N) is 1. The van der Waals surface area contributed by atoms with E-state index in [1.165, 1.54) is 25.4 Å². The Labute approximate surface area is 212 Å². The minimum absolute atomic E-state index is 0.0199. The highest BCUT2D eigenvalue weighted by Crippen LogP contribution is 2.47. The normalized spacial score (nSPS) is 18.9. The van der Waals surface area contributed by atoms with Gasteiger partial charge in [-0.05, 0) is 36.6 Å². The van der Waals surface area contributed by atoms with Crippen LogP contribution in [0.3, 0.4) is 0 Å². The zero-order chi connectivity index (χ0) is 24.3. The number of fused-ring (bicyclic) bond motifs is 2. The van der Waals surface area contributed by atoms with Gasteiger partial charge in [0.1, 0.15) is 5.01 Å². The molecule has 1 saturated heterocycles. The average Bonchev–Trinajstić information content (AvgIpc) is 3.51. The lowest BCUT2D eigenvalue weighted by molar-refractivity contribution is -0.119. The molecule has 1 atom stereocenters. The standard InChI is InChI=1S/C23H27ClN4O4S2/c1-15(29)25-7-3-9-33-21-12-26-19(34-21)11-20(30)28-14-23(6-8-27(13-23)22(31)32-2)17-10-16(24)4-5-18(17)28/h4-5,10,12H,3,6-9,11,13-14H2,1-2H3,(H,25,29). The lowest BCUT2D eigenvalue weighted by atomic mass is 9.81. The number of methoxy groups -OCH3 is 1. The summed E-state index contributed by atoms with van der Waals surface area (Å²) in [4.78, 5) is 44.3. The van der Waals surface area contributed by atoms with E-state index in [1.54, 1.807) is 28.9 Å². The summed E-state index contributed by atoms with van der Waals surface area (Å²) < 4.78 is 5.96. The third-order valence-electron chi connectivity index (χ3n) is 6.14. The number of carbonyl (C=O) groups excluding carboxylic acids is 3. The zero-order valence-corrected chi connectivity index (χ0v) is 21.5. The van der Waals surface area contributed by atoms with Crippen LogP contribution in [-0.4, -0.2) is 66.8 Å². The highest BCUT2D eigenvalue weighted by atomic mass is 35.5. The summed E-state index contributed by atoms with van der Waals surface area (Å²) in [5, 5.41) is 4.17. The number of ether oxygens (including phenoxy) is 1. The first-order chi connectivity index (χ1) is 16.3. The van der Waals surface area contributed by atoms with Crippen LogP contribution in [0.1, 0.15) is 30.3 Å². The topological polar surface area (TPSA) is 91.8 Å². The number of halogens is 1. The van der Waals surface area contributed by atoms with Gasteiger partial charge in [-0.25, -0.2) is 9.78 Å². The SMILES string of the molecule is COC(=O)N1CCC2(C1)CN(C(=O)Cc1ncc(SCCCNC(C)=O)s1)c1ccc(Cl)cc12. The van der Waals surface area contributed by atoms with Gasteiger partial charge in [0, 0.05) is 55.0 Å². The van der Waals surface area contributed by atoms with Crippen LogP contribution >= 0.6 is 34.7 Å². The summed E-state index contributed by atoms with van der Waals surface area (Å²) in [6.45, 7) is 3.74. The molecule has 182 valence electrons. The summed E-state index contributed by atoms with van der Waals surface area (Å²) in [5.41, 5.74) is 1.52. The van der Waals surface area contributed by atoms with E-state index in [-0.39, 0.29) is 29.7 Å². The van der Waals surface area contributed by atoms with Gasteiger partial charge in [-0.1, -0.05) is 11.6 Å². The molecule has 1 aromatic carbocycles. The minimum atomic E-state index is -0.352. The summed E-state index contributed by atoms with van der Waals surface area (Å²) >= 11 is 9.51. The van der Waals surface area contributed by atoms with Crippen molar-refractivity contribution < 1.29 is 19.1 Å². The number of anilines is 1. The Morgan fingerprint density at radius 3 is 2.91 bits per heavy atom. The third-order valence-corrected chi connectivity index (χ3v) is 8.66. The third kappa shape index (κ3) is 5.34. The number of hydrogen-bond acceptors (Lipinski definition) is 7. The van der Waals surface area contributed by atoms with Crippen LogP contribution in [0.4, 0.5) is 10.5 Å². The molecule has 1 N–H and O–H groups in total. The maximum atomic E-state index is 13.4. The number of thiazole rings is 1. The molecule has 0 bridgehead atoms. The molecule has 34 heavy (non-hydrogen) atoms. The molecule has 1 aromatic heterocycles. The fourth-order valence-corrected chi connectivity index (χ4v) is 6.75. The Bertz CT molecular complexity index is 1090. The van der Waals surface area contributed by atoms with Crippen molar-refractivity contribution in [1.29, 1.82) is 0 Å². The number of nitrogens with zero attached hydrogens (tertiary/aromatic N) is 3. The molecule has 3 amide bonds. The Kier molecular flexibility index (Phi) is 7.69. The number of rotatable bonds is 7. The number of amides is 3. The number of thioether (sulfide) groups is 1. The van der Waals surface area contributed by atoms with Gasteiger partial charge in [-0.15, -0.1) is 23.1 Å². The lowest BCUT2D eigenvalue weighted by Crippen LogP contribution is -2.40. The van der Waals surface area contributed by atoms with Gasteiger partial charge < -0.3 is 19.9 Å². The zero-order valence-electron chi connectivity index (χ0n) is 19.1. The van der Waals surface area contributed by atoms with Crippen molar-refractivity contribution >= 4 is 58.3 Å². The maximum Gasteiger partial charge on any atom is 0.409 e. The smallest absolute Gasteiger partial charge is 0.409 e. The number of carbonyl (C=O) groups is 3. The van der Waals surface area contributed by atoms with Gasteiger partial charge in [0.25, 0.3) is 0 Å². The van der Waals surface area contributed by atoms with Crippen LogP contribution in [-0.2, 0) is 26.2 Å². The van der Waals surface area contributed by atoms with Crippen molar-refractivity contribution in [1.82, 2.24) is 15.2 Å². The monoisotopic (exact) mass is 522 g/mol. The van der Waals surface area contributed by atoms with E-state index in [0.29, 0.717) is 31.2 Å². The highest BCUT2D eigenvalue weighted by molar-refractivity contribution is 8.01. The van der Waals surface area contributed by atoms with E-state index in [2.05, 4.69) is 10.3 Å². The minimum Gasteiger partial charge on any atom is -0.453 e. The van der Waals surface area contributed by atoms with Gasteiger partial charge in [-0.2, -0.15) is 0 Å². The lowest BCUT2D eigenvalue weighted by Gasteiger charge is -2.25. The van der Waals surface area contributed by atoms with Gasteiger partial charge in [0.2, 0.25) is 11.8 Å². The van der Waals surface area contributed by atoms with Crippen LogP contribution in [0.2, 0.25) is 5.02 Å². The van der Waals surface area contributed by atoms with Crippen LogP contribution in [0, 0.1) is 0 Å². The molecular formula is C23H27ClN4O4S2. The van der Waals surface area contributed by atoms with Gasteiger partial charge >= 0.3 is 6.09 Å². The summed E-state index contributed by atoms with van der Waals surface area (Å²) in [5.74, 6) is 0.829. The molecule has 0 aliphatic carbocycles. The molecular weight excluding hydrogens is 496 g/mol. The molecule has 3 heterocycles. The molecule has 0 saturated carbocycles. The van der Waals surface area contributed by atoms with Crippen molar-refractivity contribution in [2.24, 2.45) is 0 Å². The number of hydrogen-bond donors (Lipinski definition) is 1. The Hall–Kier alpha value is -2.30. The summed E-state index contributed by atoms with van der Waals surface area (Å²) in [6, 6.07) is 5.61. The second kappa shape index (κ2) is 10.5. The highest BCUT2D eigenvalue weighted by Gasteiger charge is 2.50. The first-order valence-corrected chi connectivity index (χ1v) is 13.2. The molecule has 1 fully saturated rings. The molecule has 2 aliphatic heterocycles. The molecule has 4 rings (SSSR count). The van der Waals surface area contributed by atoms with Crippen molar-refractivity contribution in [2.75, 3.05) is 43.9 Å². The first-order valence-electron chi connectivity index (χ1n) is 11.1. The molecule has 0 radical (unpaired) electrons. The van der Waals surface area contributed by atoms with Crippen LogP contribution in [0.5, 0.6) is 0 Å². The van der Waals surface area contributed by atoms with E-state index in [4.69, 9.17) is 16.3 Å². The van der Waals surface area contributed by atoms with E-state index < -0.39 is 0 Å². The summed E-state index contributed by atoms with van der Waals surface area (Å²) in [7, 11) is 1.38. The molecule has 2 aromatic rings. The molecule has 8 nitrogen and oxygen atoms in total. The average molecular weight is 523 g/mol. The predicted octanol–water partition coefficient (Wildman–Crippen LogP) is 3.71. The van der Waals surface area contributed by atoms with E-state index in [0.717, 1.165) is 39.1 Å². The fourth-order valence-electron chi connectivity index (χ4n) is 4.55. The van der Waals surface area contributed by atoms with Crippen molar-refractivity contribution in [3.8, 4) is 0 Å². The van der Waals surface area contributed by atoms with Gasteiger partial charge in [0.05, 0.1) is 23.9 Å². The molecule has 1 unspecified atom stereocenters. The molecule has 1 spiro atoms. The Morgan fingerprint density at radius 1 is 1.32 bits per heavy atom. The molecule has 11 heteroatoms. The van der Waals surface area contributed by atoms with E-state index in [9.17, 15) is 14.4 Å². The number of likely N-dealkylation sites (tertiary alicyclic amines) is 1. The second-order valence-electron chi connectivity index (χ2n) is 8.50. The van der Waals surface area contributed by atoms with Gasteiger partial charge in [0.15, 0.2) is 0 Å². The second-order valence-corrected chi connectivity index (χ2v) is 11.4. The first kappa shape index (κ1) is 24.8. The number of aromatic nitrogens is 1. The molecule has 2 aliphatic rings. The van der Waals surface area contributed by atoms with Crippen molar-refractivity contribution in [2.45, 2.75) is 35.8 Å². The van der Waals surface area contributed by atoms with Crippen LogP contribution in [0.15, 0.2) is 28.6 Å². The Morgan fingerprint density at radius 2 is 2.15 bits per heavy atom. The van der Waals surface area contributed by atoms with Crippen LogP contribution < -0.4 is 10.2 Å². The van der Waals surface area contributed by atoms with Crippen molar-refractivity contribution in [3.05, 3.63) is 40.0 Å².